The van der Waals surface area contributed by atoms with Crippen molar-refractivity contribution in [1.82, 2.24) is 4.90 Å². The van der Waals surface area contributed by atoms with Gasteiger partial charge in [-0.05, 0) is 32.5 Å². The van der Waals surface area contributed by atoms with Gasteiger partial charge in [-0.15, -0.1) is 0 Å². The maximum atomic E-state index is 12.8. The third-order valence-corrected chi connectivity index (χ3v) is 5.58. The van der Waals surface area contributed by atoms with E-state index in [1.807, 2.05) is 42.2 Å². The van der Waals surface area contributed by atoms with Crippen molar-refractivity contribution in [3.8, 4) is 0 Å². The molecule has 0 unspecified atom stereocenters. The second kappa shape index (κ2) is 6.25. The Labute approximate surface area is 139 Å². The molecule has 3 atom stereocenters. The molecule has 4 heteroatoms. The molecular weight excluding hydrogens is 288 g/mol. The molecule has 23 heavy (non-hydrogen) atoms. The number of rotatable bonds is 5. The Morgan fingerprint density at radius 2 is 2.00 bits per heavy atom. The van der Waals surface area contributed by atoms with E-state index in [1.165, 1.54) is 0 Å². The Hall–Kier alpha value is -1.39. The van der Waals surface area contributed by atoms with E-state index in [0.29, 0.717) is 31.2 Å². The molecule has 1 saturated carbocycles. The summed E-state index contributed by atoms with van der Waals surface area (Å²) in [6, 6.07) is 10.3. The molecular formula is C19H28N2O2. The summed E-state index contributed by atoms with van der Waals surface area (Å²) in [6.07, 6.45) is 1.48. The third kappa shape index (κ3) is 2.79. The van der Waals surface area contributed by atoms with E-state index in [0.717, 1.165) is 18.7 Å². The van der Waals surface area contributed by atoms with Crippen molar-refractivity contribution in [1.29, 1.82) is 0 Å². The monoisotopic (exact) mass is 316 g/mol. The molecule has 1 aliphatic heterocycles. The van der Waals surface area contributed by atoms with Crippen LogP contribution in [0.25, 0.3) is 0 Å². The van der Waals surface area contributed by atoms with Crippen molar-refractivity contribution in [2.75, 3.05) is 31.6 Å². The molecule has 0 radical (unpaired) electrons. The summed E-state index contributed by atoms with van der Waals surface area (Å²) in [5, 5.41) is 0. The van der Waals surface area contributed by atoms with Gasteiger partial charge in [0.05, 0.1) is 12.6 Å². The molecule has 2 aliphatic rings. The molecule has 0 spiro atoms. The van der Waals surface area contributed by atoms with Crippen LogP contribution < -0.4 is 4.90 Å². The van der Waals surface area contributed by atoms with Crippen LogP contribution in [0.15, 0.2) is 30.3 Å². The molecule has 1 aromatic rings. The van der Waals surface area contributed by atoms with Gasteiger partial charge in [0.25, 0.3) is 0 Å². The molecule has 0 aromatic heterocycles. The number of hydrogen-bond acceptors (Lipinski definition) is 3. The first-order chi connectivity index (χ1) is 11.0. The first kappa shape index (κ1) is 16.5. The zero-order valence-electron chi connectivity index (χ0n) is 14.7. The lowest BCUT2D eigenvalue weighted by Crippen LogP contribution is -2.66. The minimum atomic E-state index is 0.125. The first-order valence-electron chi connectivity index (χ1n) is 8.64. The lowest BCUT2D eigenvalue weighted by atomic mass is 9.57. The Balaban J connectivity index is 1.67. The normalized spacial score (nSPS) is 28.3. The van der Waals surface area contributed by atoms with E-state index in [4.69, 9.17) is 4.74 Å². The molecule has 1 aromatic carbocycles. The molecule has 1 aliphatic carbocycles. The Morgan fingerprint density at radius 3 is 2.65 bits per heavy atom. The highest BCUT2D eigenvalue weighted by Gasteiger charge is 2.60. The quantitative estimate of drug-likeness (QED) is 0.837. The number of carbonyl (C=O) groups excluding carboxylic acids is 1. The molecule has 1 amide bonds. The van der Waals surface area contributed by atoms with Crippen LogP contribution in [-0.4, -0.2) is 49.7 Å². The highest BCUT2D eigenvalue weighted by Crippen LogP contribution is 2.54. The van der Waals surface area contributed by atoms with Crippen LogP contribution in [0.5, 0.6) is 0 Å². The fourth-order valence-corrected chi connectivity index (χ4v) is 4.70. The summed E-state index contributed by atoms with van der Waals surface area (Å²) in [5.41, 5.74) is 1.10. The topological polar surface area (TPSA) is 32.8 Å². The summed E-state index contributed by atoms with van der Waals surface area (Å²) in [5.74, 6) is 0.744. The molecule has 0 N–H and O–H groups in total. The number of benzene rings is 1. The van der Waals surface area contributed by atoms with Crippen LogP contribution in [0, 0.1) is 11.3 Å². The number of likely N-dealkylation sites (N-methyl/N-ethyl adjacent to an activating group) is 2. The van der Waals surface area contributed by atoms with Gasteiger partial charge in [0.1, 0.15) is 0 Å². The number of hydrogen-bond donors (Lipinski definition) is 0. The van der Waals surface area contributed by atoms with Crippen molar-refractivity contribution >= 4 is 11.6 Å². The second-order valence-corrected chi connectivity index (χ2v) is 7.40. The van der Waals surface area contributed by atoms with Crippen LogP contribution in [0.1, 0.15) is 27.2 Å². The van der Waals surface area contributed by atoms with Gasteiger partial charge in [-0.1, -0.05) is 32.0 Å². The number of fused-ring (bicyclic) bond motifs is 1. The summed E-state index contributed by atoms with van der Waals surface area (Å²) < 4.78 is 5.87. The highest BCUT2D eigenvalue weighted by molar-refractivity contribution is 5.94. The van der Waals surface area contributed by atoms with Gasteiger partial charge in [0, 0.05) is 36.2 Å². The predicted octanol–water partition coefficient (Wildman–Crippen LogP) is 2.78. The van der Waals surface area contributed by atoms with Crippen LogP contribution in [0.3, 0.4) is 0 Å². The van der Waals surface area contributed by atoms with E-state index < -0.39 is 0 Å². The molecule has 1 heterocycles. The second-order valence-electron chi connectivity index (χ2n) is 7.40. The van der Waals surface area contributed by atoms with E-state index in [9.17, 15) is 4.79 Å². The van der Waals surface area contributed by atoms with E-state index in [-0.39, 0.29) is 11.3 Å². The smallest absolute Gasteiger partial charge is 0.241 e. The van der Waals surface area contributed by atoms with Crippen LogP contribution in [0.4, 0.5) is 5.69 Å². The fourth-order valence-electron chi connectivity index (χ4n) is 4.70. The first-order valence-corrected chi connectivity index (χ1v) is 8.64. The molecule has 4 nitrogen and oxygen atoms in total. The summed E-state index contributed by atoms with van der Waals surface area (Å²) >= 11 is 0. The number of nitrogens with zero attached hydrogens (tertiary/aromatic N) is 2. The zero-order valence-corrected chi connectivity index (χ0v) is 14.7. The third-order valence-electron chi connectivity index (χ3n) is 5.58. The minimum Gasteiger partial charge on any atom is -0.377 e. The van der Waals surface area contributed by atoms with Crippen molar-refractivity contribution in [3.05, 3.63) is 30.3 Å². The Kier molecular flexibility index (Phi) is 4.47. The Morgan fingerprint density at radius 1 is 1.30 bits per heavy atom. The minimum absolute atomic E-state index is 0.125. The maximum absolute atomic E-state index is 12.8. The molecule has 126 valence electrons. The van der Waals surface area contributed by atoms with Gasteiger partial charge in [-0.3, -0.25) is 9.69 Å². The van der Waals surface area contributed by atoms with E-state index in [1.54, 1.807) is 0 Å². The summed E-state index contributed by atoms with van der Waals surface area (Å²) in [6.45, 7) is 8.57. The van der Waals surface area contributed by atoms with Gasteiger partial charge >= 0.3 is 0 Å². The number of para-hydroxylation sites is 1. The van der Waals surface area contributed by atoms with Crippen molar-refractivity contribution in [2.24, 2.45) is 11.3 Å². The number of amides is 1. The maximum Gasteiger partial charge on any atom is 0.241 e. The van der Waals surface area contributed by atoms with Crippen LogP contribution in [0.2, 0.25) is 0 Å². The van der Waals surface area contributed by atoms with Gasteiger partial charge in [-0.25, -0.2) is 0 Å². The SMILES string of the molecule is CCN(C(=O)CN(C)[C@@H]1[C@H]2CCO[C@@H]2C1(C)C)c1ccccc1. The van der Waals surface area contributed by atoms with Crippen molar-refractivity contribution in [2.45, 2.75) is 39.3 Å². The fraction of sp³-hybridized carbons (Fsp3) is 0.632. The van der Waals surface area contributed by atoms with Crippen molar-refractivity contribution < 1.29 is 9.53 Å². The lowest BCUT2D eigenvalue weighted by molar-refractivity contribution is -0.153. The predicted molar refractivity (Wildman–Crippen MR) is 92.5 cm³/mol. The van der Waals surface area contributed by atoms with Gasteiger partial charge in [-0.2, -0.15) is 0 Å². The Bertz CT molecular complexity index is 558. The largest absolute Gasteiger partial charge is 0.377 e. The summed E-state index contributed by atoms with van der Waals surface area (Å²) in [7, 11) is 2.08. The summed E-state index contributed by atoms with van der Waals surface area (Å²) in [4.78, 5) is 16.9. The van der Waals surface area contributed by atoms with Crippen LogP contribution in [-0.2, 0) is 9.53 Å². The number of carbonyl (C=O) groups is 1. The van der Waals surface area contributed by atoms with Crippen LogP contribution >= 0.6 is 0 Å². The highest BCUT2D eigenvalue weighted by atomic mass is 16.5. The number of ether oxygens (including phenoxy) is 1. The molecule has 1 saturated heterocycles. The average molecular weight is 316 g/mol. The molecule has 0 bridgehead atoms. The average Bonchev–Trinajstić information content (AvgIpc) is 2.95. The molecule has 3 rings (SSSR count). The number of anilines is 1. The molecule has 2 fully saturated rings. The standard InChI is InChI=1S/C19H28N2O2/c1-5-21(14-9-7-6-8-10-14)16(22)13-20(4)17-15-11-12-23-18(15)19(17,2)3/h6-10,15,17-18H,5,11-13H2,1-4H3/t15-,17-,18+/m1/s1. The zero-order chi connectivity index (χ0) is 16.6. The van der Waals surface area contributed by atoms with E-state index in [2.05, 4.69) is 25.8 Å². The van der Waals surface area contributed by atoms with Gasteiger partial charge in [0.2, 0.25) is 5.91 Å². The van der Waals surface area contributed by atoms with Crippen molar-refractivity contribution in [3.63, 3.8) is 0 Å². The van der Waals surface area contributed by atoms with Gasteiger partial charge < -0.3 is 9.64 Å². The van der Waals surface area contributed by atoms with E-state index >= 15 is 0 Å². The lowest BCUT2D eigenvalue weighted by Gasteiger charge is -2.57. The van der Waals surface area contributed by atoms with Gasteiger partial charge in [0.15, 0.2) is 0 Å².